The van der Waals surface area contributed by atoms with Gasteiger partial charge in [-0.1, -0.05) is 19.1 Å². The summed E-state index contributed by atoms with van der Waals surface area (Å²) < 4.78 is 27.1. The molecule has 142 valence electrons. The Morgan fingerprint density at radius 1 is 1.15 bits per heavy atom. The Hall–Kier alpha value is -2.63. The number of allylic oxidation sites excluding steroid dienone is 2. The van der Waals surface area contributed by atoms with E-state index in [4.69, 9.17) is 23.7 Å². The lowest BCUT2D eigenvalue weighted by Crippen LogP contribution is -2.14. The molecule has 0 saturated heterocycles. The van der Waals surface area contributed by atoms with Gasteiger partial charge in [-0.15, -0.1) is 0 Å². The minimum Gasteiger partial charge on any atom is -0.496 e. The van der Waals surface area contributed by atoms with E-state index in [1.54, 1.807) is 39.6 Å². The average Bonchev–Trinajstić information content (AvgIpc) is 2.60. The van der Waals surface area contributed by atoms with Crippen LogP contribution in [-0.2, 0) is 9.47 Å². The zero-order chi connectivity index (χ0) is 19.3. The third-order valence-electron chi connectivity index (χ3n) is 4.33. The monoisotopic (exact) mass is 362 g/mol. The van der Waals surface area contributed by atoms with E-state index in [1.807, 2.05) is 20.8 Å². The van der Waals surface area contributed by atoms with E-state index in [9.17, 15) is 4.79 Å². The minimum atomic E-state index is -0.721. The van der Waals surface area contributed by atoms with Crippen molar-refractivity contribution in [1.82, 2.24) is 0 Å². The molecular weight excluding hydrogens is 336 g/mol. The van der Waals surface area contributed by atoms with E-state index in [1.165, 1.54) is 0 Å². The Balaban J connectivity index is 2.45. The van der Waals surface area contributed by atoms with Crippen molar-refractivity contribution in [3.8, 4) is 17.2 Å². The fourth-order valence-corrected chi connectivity index (χ4v) is 3.23. The van der Waals surface area contributed by atoms with Crippen LogP contribution in [0, 0.1) is 6.92 Å². The fourth-order valence-electron chi connectivity index (χ4n) is 3.23. The van der Waals surface area contributed by atoms with E-state index in [2.05, 4.69) is 0 Å². The molecule has 0 fully saturated rings. The molecule has 1 aliphatic carbocycles. The lowest BCUT2D eigenvalue weighted by Gasteiger charge is -2.28. The summed E-state index contributed by atoms with van der Waals surface area (Å²) in [6, 6.07) is 0. The summed E-state index contributed by atoms with van der Waals surface area (Å²) >= 11 is 0. The summed E-state index contributed by atoms with van der Waals surface area (Å²) in [5.74, 6) is 2.58. The van der Waals surface area contributed by atoms with Crippen LogP contribution in [0.2, 0.25) is 0 Å². The Morgan fingerprint density at radius 2 is 1.81 bits per heavy atom. The van der Waals surface area contributed by atoms with Crippen LogP contribution in [0.4, 0.5) is 4.79 Å². The van der Waals surface area contributed by atoms with Crippen LogP contribution in [0.15, 0.2) is 17.9 Å². The van der Waals surface area contributed by atoms with Gasteiger partial charge in [-0.25, -0.2) is 4.79 Å². The Morgan fingerprint density at radius 3 is 2.38 bits per heavy atom. The van der Waals surface area contributed by atoms with Gasteiger partial charge in [0, 0.05) is 23.1 Å². The third kappa shape index (κ3) is 3.79. The maximum Gasteiger partial charge on any atom is 0.513 e. The molecule has 0 N–H and O–H groups in total. The molecular formula is C20H26O6. The van der Waals surface area contributed by atoms with Crippen molar-refractivity contribution in [3.05, 3.63) is 34.6 Å². The number of fused-ring (bicyclic) bond motifs is 1. The van der Waals surface area contributed by atoms with Crippen molar-refractivity contribution in [1.29, 1.82) is 0 Å². The van der Waals surface area contributed by atoms with Crippen molar-refractivity contribution in [2.75, 3.05) is 27.9 Å². The van der Waals surface area contributed by atoms with Crippen LogP contribution in [0.1, 0.15) is 42.9 Å². The van der Waals surface area contributed by atoms with Crippen molar-refractivity contribution < 1.29 is 28.5 Å². The smallest absolute Gasteiger partial charge is 0.496 e. The highest BCUT2D eigenvalue weighted by Gasteiger charge is 2.31. The molecule has 1 aromatic rings. The molecule has 0 amide bonds. The zero-order valence-electron chi connectivity index (χ0n) is 16.2. The molecule has 0 aromatic heterocycles. The highest BCUT2D eigenvalue weighted by atomic mass is 16.7. The van der Waals surface area contributed by atoms with Crippen LogP contribution < -0.4 is 14.2 Å². The number of ether oxygens (including phenoxy) is 5. The minimum absolute atomic E-state index is 0.0479. The van der Waals surface area contributed by atoms with Gasteiger partial charge in [0.1, 0.15) is 18.1 Å². The first kappa shape index (κ1) is 19.7. The van der Waals surface area contributed by atoms with Gasteiger partial charge in [0.15, 0.2) is 11.5 Å². The van der Waals surface area contributed by atoms with E-state index < -0.39 is 6.16 Å². The van der Waals surface area contributed by atoms with Gasteiger partial charge in [0.05, 0.1) is 21.3 Å². The molecule has 1 aromatic carbocycles. The van der Waals surface area contributed by atoms with E-state index in [0.29, 0.717) is 29.4 Å². The normalized spacial score (nSPS) is 15.9. The van der Waals surface area contributed by atoms with Crippen LogP contribution in [0.5, 0.6) is 17.2 Å². The standard InChI is InChI=1S/C20H26O6/c1-7-8-9-25-20(21)26-14-10-12(2)16-15(11-14)17(22-4)13(3)18(23-5)19(16)24-6/h7-8,11-12H,9-10H2,1-6H3/b8-7+. The number of hydrogen-bond acceptors (Lipinski definition) is 6. The van der Waals surface area contributed by atoms with Gasteiger partial charge in [-0.05, 0) is 25.8 Å². The van der Waals surface area contributed by atoms with Gasteiger partial charge in [-0.3, -0.25) is 0 Å². The van der Waals surface area contributed by atoms with Gasteiger partial charge in [-0.2, -0.15) is 0 Å². The molecule has 1 aliphatic rings. The molecule has 1 atom stereocenters. The predicted octanol–water partition coefficient (Wildman–Crippen LogP) is 4.60. The van der Waals surface area contributed by atoms with Crippen molar-refractivity contribution in [2.45, 2.75) is 33.1 Å². The summed E-state index contributed by atoms with van der Waals surface area (Å²) in [5.41, 5.74) is 2.63. The number of hydrogen-bond donors (Lipinski definition) is 0. The molecule has 6 nitrogen and oxygen atoms in total. The molecule has 2 rings (SSSR count). The molecule has 6 heteroatoms. The van der Waals surface area contributed by atoms with Crippen molar-refractivity contribution in [3.63, 3.8) is 0 Å². The predicted molar refractivity (Wildman–Crippen MR) is 99.1 cm³/mol. The van der Waals surface area contributed by atoms with Crippen LogP contribution in [-0.4, -0.2) is 34.1 Å². The molecule has 0 spiro atoms. The van der Waals surface area contributed by atoms with E-state index in [0.717, 1.165) is 16.7 Å². The lowest BCUT2D eigenvalue weighted by atomic mass is 9.84. The van der Waals surface area contributed by atoms with E-state index >= 15 is 0 Å². The fraction of sp³-hybridized carbons (Fsp3) is 0.450. The van der Waals surface area contributed by atoms with Crippen LogP contribution in [0.3, 0.4) is 0 Å². The maximum absolute atomic E-state index is 11.9. The highest BCUT2D eigenvalue weighted by Crippen LogP contribution is 2.50. The molecule has 0 heterocycles. The second kappa shape index (κ2) is 8.65. The summed E-state index contributed by atoms with van der Waals surface area (Å²) in [4.78, 5) is 11.9. The van der Waals surface area contributed by atoms with Crippen molar-refractivity contribution in [2.24, 2.45) is 0 Å². The van der Waals surface area contributed by atoms with Gasteiger partial charge in [0.2, 0.25) is 0 Å². The lowest BCUT2D eigenvalue weighted by molar-refractivity contribution is 0.0841. The summed E-state index contributed by atoms with van der Waals surface area (Å²) in [6.07, 6.45) is 5.16. The summed E-state index contributed by atoms with van der Waals surface area (Å²) in [7, 11) is 4.83. The number of rotatable bonds is 6. The third-order valence-corrected chi connectivity index (χ3v) is 4.33. The van der Waals surface area contributed by atoms with Gasteiger partial charge >= 0.3 is 6.16 Å². The summed E-state index contributed by atoms with van der Waals surface area (Å²) in [5, 5.41) is 0. The Kier molecular flexibility index (Phi) is 6.55. The van der Waals surface area contributed by atoms with Crippen molar-refractivity contribution >= 4 is 12.2 Å². The Bertz CT molecular complexity index is 733. The number of carbonyl (C=O) groups is 1. The first-order valence-electron chi connectivity index (χ1n) is 8.47. The molecule has 0 saturated carbocycles. The zero-order valence-corrected chi connectivity index (χ0v) is 16.2. The second-order valence-corrected chi connectivity index (χ2v) is 6.00. The van der Waals surface area contributed by atoms with Crippen LogP contribution >= 0.6 is 0 Å². The Labute approximate surface area is 154 Å². The second-order valence-electron chi connectivity index (χ2n) is 6.00. The average molecular weight is 362 g/mol. The topological polar surface area (TPSA) is 63.2 Å². The van der Waals surface area contributed by atoms with Gasteiger partial charge < -0.3 is 23.7 Å². The largest absolute Gasteiger partial charge is 0.513 e. The molecule has 0 aliphatic heterocycles. The van der Waals surface area contributed by atoms with Crippen LogP contribution in [0.25, 0.3) is 6.08 Å². The first-order chi connectivity index (χ1) is 12.5. The number of methoxy groups -OCH3 is 3. The molecule has 1 unspecified atom stereocenters. The van der Waals surface area contributed by atoms with Gasteiger partial charge in [0.25, 0.3) is 0 Å². The number of benzene rings is 1. The maximum atomic E-state index is 11.9. The molecule has 0 radical (unpaired) electrons. The molecule has 0 bridgehead atoms. The highest BCUT2D eigenvalue weighted by molar-refractivity contribution is 5.76. The SMILES string of the molecule is C/C=C/COC(=O)OC1=Cc2c(OC)c(C)c(OC)c(OC)c2C(C)C1. The quantitative estimate of drug-likeness (QED) is 0.544. The summed E-state index contributed by atoms with van der Waals surface area (Å²) in [6.45, 7) is 5.98. The molecule has 26 heavy (non-hydrogen) atoms. The first-order valence-corrected chi connectivity index (χ1v) is 8.47. The number of carbonyl (C=O) groups excluding carboxylic acids is 1. The van der Waals surface area contributed by atoms with E-state index in [-0.39, 0.29) is 12.5 Å².